The van der Waals surface area contributed by atoms with Gasteiger partial charge < -0.3 is 10.5 Å². The van der Waals surface area contributed by atoms with E-state index in [-0.39, 0.29) is 17.7 Å². The van der Waals surface area contributed by atoms with Crippen LogP contribution in [0.2, 0.25) is 0 Å². The van der Waals surface area contributed by atoms with Crippen molar-refractivity contribution in [3.63, 3.8) is 0 Å². The number of aryl methyl sites for hydroxylation is 1. The summed E-state index contributed by atoms with van der Waals surface area (Å²) in [6.07, 6.45) is 4.32. The minimum Gasteiger partial charge on any atom is -0.493 e. The molecule has 102 valence electrons. The van der Waals surface area contributed by atoms with Gasteiger partial charge in [0.15, 0.2) is 11.5 Å². The fourth-order valence-electron chi connectivity index (χ4n) is 1.96. The fraction of sp³-hybridized carbons (Fsp3) is 0.692. The van der Waals surface area contributed by atoms with Crippen LogP contribution >= 0.6 is 0 Å². The minimum absolute atomic E-state index is 0.0342. The largest absolute Gasteiger partial charge is 0.493 e. The molecular weight excluding hydrogens is 230 g/mol. The molecule has 0 aliphatic heterocycles. The van der Waals surface area contributed by atoms with Gasteiger partial charge in [-0.3, -0.25) is 9.48 Å². The lowest BCUT2D eigenvalue weighted by molar-refractivity contribution is 0.0909. The van der Waals surface area contributed by atoms with E-state index in [0.29, 0.717) is 11.4 Å². The number of nitrogens with zero attached hydrogens (tertiary/aromatic N) is 2. The molecular formula is C13H23N3O2. The van der Waals surface area contributed by atoms with Crippen molar-refractivity contribution in [1.82, 2.24) is 9.78 Å². The van der Waals surface area contributed by atoms with Crippen molar-refractivity contribution in [2.45, 2.75) is 39.2 Å². The van der Waals surface area contributed by atoms with E-state index in [1.54, 1.807) is 25.0 Å². The van der Waals surface area contributed by atoms with Crippen molar-refractivity contribution >= 4 is 5.78 Å². The van der Waals surface area contributed by atoms with Gasteiger partial charge in [-0.05, 0) is 19.8 Å². The number of aromatic nitrogens is 2. The van der Waals surface area contributed by atoms with E-state index in [4.69, 9.17) is 10.5 Å². The first kappa shape index (κ1) is 14.7. The summed E-state index contributed by atoms with van der Waals surface area (Å²) in [5, 5.41) is 4.05. The molecule has 0 saturated carbocycles. The molecule has 0 radical (unpaired) electrons. The van der Waals surface area contributed by atoms with Crippen LogP contribution in [0.15, 0.2) is 6.20 Å². The lowest BCUT2D eigenvalue weighted by Gasteiger charge is -2.12. The van der Waals surface area contributed by atoms with Crippen molar-refractivity contribution in [1.29, 1.82) is 0 Å². The molecule has 1 heterocycles. The smallest absolute Gasteiger partial charge is 0.187 e. The first-order valence-electron chi connectivity index (χ1n) is 6.33. The molecule has 2 unspecified atom stereocenters. The Labute approximate surface area is 108 Å². The van der Waals surface area contributed by atoms with Gasteiger partial charge in [-0.1, -0.05) is 13.3 Å². The van der Waals surface area contributed by atoms with Gasteiger partial charge in [0, 0.05) is 19.0 Å². The maximum absolute atomic E-state index is 12.3. The van der Waals surface area contributed by atoms with Gasteiger partial charge >= 0.3 is 0 Å². The summed E-state index contributed by atoms with van der Waals surface area (Å²) in [5.74, 6) is 0.589. The summed E-state index contributed by atoms with van der Waals surface area (Å²) < 4.78 is 6.73. The van der Waals surface area contributed by atoms with Crippen LogP contribution in [0.3, 0.4) is 0 Å². The molecule has 0 aromatic carbocycles. The van der Waals surface area contributed by atoms with Crippen LogP contribution in [-0.2, 0) is 7.05 Å². The minimum atomic E-state index is -0.0342. The Balaban J connectivity index is 2.65. The Bertz CT molecular complexity index is 399. The number of hydrogen-bond donors (Lipinski definition) is 1. The molecule has 18 heavy (non-hydrogen) atoms. The van der Waals surface area contributed by atoms with Crippen LogP contribution in [0.1, 0.15) is 43.6 Å². The molecule has 2 N–H and O–H groups in total. The zero-order valence-electron chi connectivity index (χ0n) is 11.6. The second-order valence-corrected chi connectivity index (χ2v) is 4.86. The van der Waals surface area contributed by atoms with Crippen LogP contribution in [0.25, 0.3) is 0 Å². The Morgan fingerprint density at radius 1 is 1.50 bits per heavy atom. The average molecular weight is 253 g/mol. The Kier molecular flexibility index (Phi) is 5.34. The third-order valence-corrected chi connectivity index (χ3v) is 3.10. The molecule has 0 aliphatic carbocycles. The zero-order chi connectivity index (χ0) is 13.7. The number of ether oxygens (including phenoxy) is 1. The fourth-order valence-corrected chi connectivity index (χ4v) is 1.96. The highest BCUT2D eigenvalue weighted by atomic mass is 16.5. The van der Waals surface area contributed by atoms with Gasteiger partial charge in [-0.25, -0.2) is 0 Å². The number of Topliss-reactive ketones (excluding diaryl/α,β-unsaturated/α-hetero) is 1. The highest BCUT2D eigenvalue weighted by Crippen LogP contribution is 2.22. The van der Waals surface area contributed by atoms with Crippen molar-refractivity contribution in [2.24, 2.45) is 18.7 Å². The molecule has 5 nitrogen and oxygen atoms in total. The van der Waals surface area contributed by atoms with Crippen molar-refractivity contribution in [3.05, 3.63) is 11.9 Å². The van der Waals surface area contributed by atoms with E-state index in [2.05, 4.69) is 5.10 Å². The quantitative estimate of drug-likeness (QED) is 0.752. The van der Waals surface area contributed by atoms with Crippen LogP contribution in [0.4, 0.5) is 0 Å². The topological polar surface area (TPSA) is 70.1 Å². The molecule has 2 atom stereocenters. The predicted octanol–water partition coefficient (Wildman–Crippen LogP) is 1.76. The van der Waals surface area contributed by atoms with Gasteiger partial charge in [0.2, 0.25) is 0 Å². The van der Waals surface area contributed by atoms with Crippen molar-refractivity contribution in [3.8, 4) is 5.75 Å². The van der Waals surface area contributed by atoms with E-state index in [9.17, 15) is 4.79 Å². The van der Waals surface area contributed by atoms with Gasteiger partial charge in [0.05, 0.1) is 13.3 Å². The number of carbonyl (C=O) groups excluding carboxylic acids is 1. The standard InChI is InChI=1S/C13H23N3O2/c1-9(6-5-7-10(2)14)13(17)12-11(18-4)8-15-16(12)3/h8-10H,5-7,14H2,1-4H3. The van der Waals surface area contributed by atoms with Gasteiger partial charge in [-0.2, -0.15) is 5.10 Å². The van der Waals surface area contributed by atoms with E-state index >= 15 is 0 Å². The van der Waals surface area contributed by atoms with Crippen LogP contribution < -0.4 is 10.5 Å². The third-order valence-electron chi connectivity index (χ3n) is 3.10. The molecule has 1 aromatic rings. The number of nitrogens with two attached hydrogens (primary N) is 1. The Morgan fingerprint density at radius 2 is 2.17 bits per heavy atom. The Hall–Kier alpha value is -1.36. The number of hydrogen-bond acceptors (Lipinski definition) is 4. The number of methoxy groups -OCH3 is 1. The zero-order valence-corrected chi connectivity index (χ0v) is 11.6. The molecule has 1 aromatic heterocycles. The molecule has 5 heteroatoms. The lowest BCUT2D eigenvalue weighted by atomic mass is 9.96. The molecule has 0 bridgehead atoms. The average Bonchev–Trinajstić information content (AvgIpc) is 2.68. The monoisotopic (exact) mass is 253 g/mol. The van der Waals surface area contributed by atoms with Crippen LogP contribution in [0.5, 0.6) is 5.75 Å². The van der Waals surface area contributed by atoms with Crippen LogP contribution in [0, 0.1) is 5.92 Å². The van der Waals surface area contributed by atoms with Gasteiger partial charge in [0.25, 0.3) is 0 Å². The Morgan fingerprint density at radius 3 is 2.72 bits per heavy atom. The van der Waals surface area contributed by atoms with Crippen molar-refractivity contribution in [2.75, 3.05) is 7.11 Å². The number of ketones is 1. The lowest BCUT2D eigenvalue weighted by Crippen LogP contribution is -2.18. The summed E-state index contributed by atoms with van der Waals surface area (Å²) in [6.45, 7) is 3.92. The summed E-state index contributed by atoms with van der Waals surface area (Å²) >= 11 is 0. The SMILES string of the molecule is COc1cnn(C)c1C(=O)C(C)CCCC(C)N. The molecule has 0 fully saturated rings. The molecule has 1 rings (SSSR count). The molecule has 0 spiro atoms. The summed E-state index contributed by atoms with van der Waals surface area (Å²) in [6, 6.07) is 0.193. The van der Waals surface area contributed by atoms with E-state index in [1.165, 1.54) is 0 Å². The molecule has 0 saturated heterocycles. The maximum atomic E-state index is 12.3. The van der Waals surface area contributed by atoms with Crippen LogP contribution in [-0.4, -0.2) is 28.7 Å². The van der Waals surface area contributed by atoms with Crippen molar-refractivity contribution < 1.29 is 9.53 Å². The number of carbonyl (C=O) groups is 1. The van der Waals surface area contributed by atoms with E-state index in [0.717, 1.165) is 19.3 Å². The third kappa shape index (κ3) is 3.57. The second kappa shape index (κ2) is 6.54. The molecule has 0 aliphatic rings. The van der Waals surface area contributed by atoms with E-state index < -0.39 is 0 Å². The maximum Gasteiger partial charge on any atom is 0.187 e. The first-order valence-corrected chi connectivity index (χ1v) is 6.33. The second-order valence-electron chi connectivity index (χ2n) is 4.86. The number of rotatable bonds is 7. The molecule has 0 amide bonds. The predicted molar refractivity (Wildman–Crippen MR) is 70.8 cm³/mol. The van der Waals surface area contributed by atoms with Gasteiger partial charge in [-0.15, -0.1) is 0 Å². The normalized spacial score (nSPS) is 14.3. The van der Waals surface area contributed by atoms with E-state index in [1.807, 2.05) is 13.8 Å². The summed E-state index contributed by atoms with van der Waals surface area (Å²) in [7, 11) is 3.30. The highest BCUT2D eigenvalue weighted by molar-refractivity contribution is 5.98. The summed E-state index contributed by atoms with van der Waals surface area (Å²) in [5.41, 5.74) is 6.25. The van der Waals surface area contributed by atoms with Gasteiger partial charge in [0.1, 0.15) is 5.69 Å². The first-order chi connectivity index (χ1) is 8.47. The summed E-state index contributed by atoms with van der Waals surface area (Å²) in [4.78, 5) is 12.3. The highest BCUT2D eigenvalue weighted by Gasteiger charge is 2.22.